The third-order valence-corrected chi connectivity index (χ3v) is 6.97. The third kappa shape index (κ3) is 4.66. The maximum atomic E-state index is 12.2. The number of methoxy groups -OCH3 is 1. The molecular weight excluding hydrogens is 338 g/mol. The first-order chi connectivity index (χ1) is 11.7. The SMILES string of the molecule is CCNC(=NCc1cc(C)cc(OC)c1)N1CCS(=O)(=O)C(C)(C)C1. The lowest BCUT2D eigenvalue weighted by atomic mass is 10.1. The summed E-state index contributed by atoms with van der Waals surface area (Å²) in [5.74, 6) is 1.73. The molecule has 0 aromatic heterocycles. The van der Waals surface area contributed by atoms with Gasteiger partial charge < -0.3 is 15.0 Å². The first-order valence-corrected chi connectivity index (χ1v) is 10.2. The summed E-state index contributed by atoms with van der Waals surface area (Å²) in [5, 5.41) is 3.28. The second kappa shape index (κ2) is 7.64. The molecule has 1 N–H and O–H groups in total. The third-order valence-electron chi connectivity index (χ3n) is 4.44. The molecule has 0 spiro atoms. The van der Waals surface area contributed by atoms with Crippen molar-refractivity contribution < 1.29 is 13.2 Å². The summed E-state index contributed by atoms with van der Waals surface area (Å²) in [6, 6.07) is 6.04. The molecule has 1 heterocycles. The van der Waals surface area contributed by atoms with Crippen LogP contribution >= 0.6 is 0 Å². The van der Waals surface area contributed by atoms with Crippen molar-refractivity contribution in [1.29, 1.82) is 0 Å². The van der Waals surface area contributed by atoms with Gasteiger partial charge in [0.2, 0.25) is 0 Å². The second-order valence-corrected chi connectivity index (χ2v) is 9.77. The highest BCUT2D eigenvalue weighted by molar-refractivity contribution is 7.92. The molecule has 6 nitrogen and oxygen atoms in total. The Morgan fingerprint density at radius 3 is 2.68 bits per heavy atom. The number of hydrogen-bond donors (Lipinski definition) is 1. The van der Waals surface area contributed by atoms with Crippen LogP contribution in [0.4, 0.5) is 0 Å². The number of nitrogens with zero attached hydrogens (tertiary/aromatic N) is 2. The van der Waals surface area contributed by atoms with E-state index in [1.165, 1.54) is 0 Å². The van der Waals surface area contributed by atoms with Gasteiger partial charge in [-0.15, -0.1) is 0 Å². The predicted molar refractivity (Wildman–Crippen MR) is 102 cm³/mol. The van der Waals surface area contributed by atoms with Crippen LogP contribution in [0.15, 0.2) is 23.2 Å². The number of guanidine groups is 1. The second-order valence-electron chi connectivity index (χ2n) is 7.03. The Labute approximate surface area is 151 Å². The average molecular weight is 368 g/mol. The van der Waals surface area contributed by atoms with Gasteiger partial charge in [-0.25, -0.2) is 13.4 Å². The Morgan fingerprint density at radius 2 is 2.08 bits per heavy atom. The Bertz CT molecular complexity index is 742. The van der Waals surface area contributed by atoms with Crippen molar-refractivity contribution in [3.63, 3.8) is 0 Å². The molecule has 1 saturated heterocycles. The predicted octanol–water partition coefficient (Wildman–Crippen LogP) is 1.98. The molecule has 1 fully saturated rings. The Kier molecular flexibility index (Phi) is 5.98. The van der Waals surface area contributed by atoms with Gasteiger partial charge in [-0.3, -0.25) is 0 Å². The minimum atomic E-state index is -3.07. The van der Waals surface area contributed by atoms with Crippen molar-refractivity contribution in [2.24, 2.45) is 4.99 Å². The minimum absolute atomic E-state index is 0.155. The molecule has 0 unspecified atom stereocenters. The Hall–Kier alpha value is -1.76. The molecule has 25 heavy (non-hydrogen) atoms. The van der Waals surface area contributed by atoms with Gasteiger partial charge >= 0.3 is 0 Å². The van der Waals surface area contributed by atoms with Gasteiger partial charge in [0.1, 0.15) is 5.75 Å². The highest BCUT2D eigenvalue weighted by Gasteiger charge is 2.40. The molecule has 1 aromatic rings. The van der Waals surface area contributed by atoms with Crippen LogP contribution in [-0.4, -0.2) is 56.5 Å². The fraction of sp³-hybridized carbons (Fsp3) is 0.611. The Morgan fingerprint density at radius 1 is 1.36 bits per heavy atom. The molecule has 2 rings (SSSR count). The van der Waals surface area contributed by atoms with Gasteiger partial charge in [-0.05, 0) is 51.0 Å². The zero-order chi connectivity index (χ0) is 18.7. The summed E-state index contributed by atoms with van der Waals surface area (Å²) in [7, 11) is -1.41. The van der Waals surface area contributed by atoms with E-state index < -0.39 is 14.6 Å². The van der Waals surface area contributed by atoms with Crippen molar-refractivity contribution in [2.75, 3.05) is 32.5 Å². The molecule has 1 aliphatic heterocycles. The molecule has 1 aliphatic rings. The molecule has 0 amide bonds. The van der Waals surface area contributed by atoms with Crippen molar-refractivity contribution in [3.8, 4) is 5.75 Å². The van der Waals surface area contributed by atoms with Crippen LogP contribution in [0.1, 0.15) is 31.9 Å². The van der Waals surface area contributed by atoms with Crippen LogP contribution in [0.3, 0.4) is 0 Å². The molecule has 0 saturated carbocycles. The number of aryl methyl sites for hydroxylation is 1. The maximum absolute atomic E-state index is 12.2. The van der Waals surface area contributed by atoms with E-state index in [-0.39, 0.29) is 5.75 Å². The Balaban J connectivity index is 2.20. The van der Waals surface area contributed by atoms with Crippen molar-refractivity contribution in [2.45, 2.75) is 39.0 Å². The summed E-state index contributed by atoms with van der Waals surface area (Å²) in [4.78, 5) is 6.76. The summed E-state index contributed by atoms with van der Waals surface area (Å²) in [5.41, 5.74) is 2.19. The first kappa shape index (κ1) is 19.6. The van der Waals surface area contributed by atoms with E-state index in [9.17, 15) is 8.42 Å². The first-order valence-electron chi connectivity index (χ1n) is 8.58. The van der Waals surface area contributed by atoms with E-state index in [0.29, 0.717) is 19.6 Å². The van der Waals surface area contributed by atoms with Gasteiger partial charge in [-0.2, -0.15) is 0 Å². The summed E-state index contributed by atoms with van der Waals surface area (Å²) in [6.45, 7) is 9.76. The highest BCUT2D eigenvalue weighted by atomic mass is 32.2. The number of hydrogen-bond acceptors (Lipinski definition) is 4. The van der Waals surface area contributed by atoms with Crippen LogP contribution in [0, 0.1) is 6.92 Å². The zero-order valence-electron chi connectivity index (χ0n) is 15.8. The quantitative estimate of drug-likeness (QED) is 0.651. The molecule has 0 bridgehead atoms. The average Bonchev–Trinajstić information content (AvgIpc) is 2.53. The summed E-state index contributed by atoms with van der Waals surface area (Å²) in [6.07, 6.45) is 0. The maximum Gasteiger partial charge on any atom is 0.194 e. The van der Waals surface area contributed by atoms with Crippen LogP contribution in [0.2, 0.25) is 0 Å². The number of benzene rings is 1. The van der Waals surface area contributed by atoms with Crippen LogP contribution in [0.5, 0.6) is 5.75 Å². The van der Waals surface area contributed by atoms with Gasteiger partial charge in [0.25, 0.3) is 0 Å². The molecule has 0 radical (unpaired) electrons. The smallest absolute Gasteiger partial charge is 0.194 e. The van der Waals surface area contributed by atoms with Crippen molar-refractivity contribution >= 4 is 15.8 Å². The summed E-state index contributed by atoms with van der Waals surface area (Å²) < 4.78 is 29.0. The lowest BCUT2D eigenvalue weighted by molar-refractivity contribution is 0.353. The number of aliphatic imine (C=N–C) groups is 1. The van der Waals surface area contributed by atoms with Crippen LogP contribution in [0.25, 0.3) is 0 Å². The van der Waals surface area contributed by atoms with E-state index in [4.69, 9.17) is 9.73 Å². The number of rotatable bonds is 4. The fourth-order valence-corrected chi connectivity index (χ4v) is 4.32. The number of nitrogens with one attached hydrogen (secondary N) is 1. The van der Waals surface area contributed by atoms with Gasteiger partial charge in [0, 0.05) is 19.6 Å². The van der Waals surface area contributed by atoms with E-state index in [1.807, 2.05) is 30.9 Å². The normalized spacial score (nSPS) is 19.6. The monoisotopic (exact) mass is 367 g/mol. The number of sulfone groups is 1. The molecule has 0 aliphatic carbocycles. The number of ether oxygens (including phenoxy) is 1. The molecular formula is C18H29N3O3S. The van der Waals surface area contributed by atoms with Crippen LogP contribution < -0.4 is 10.1 Å². The van der Waals surface area contributed by atoms with Gasteiger partial charge in [-0.1, -0.05) is 6.07 Å². The molecule has 0 atom stereocenters. The zero-order valence-corrected chi connectivity index (χ0v) is 16.6. The van der Waals surface area contributed by atoms with E-state index in [1.54, 1.807) is 21.0 Å². The topological polar surface area (TPSA) is 71.0 Å². The van der Waals surface area contributed by atoms with E-state index in [2.05, 4.69) is 11.4 Å². The van der Waals surface area contributed by atoms with Crippen molar-refractivity contribution in [1.82, 2.24) is 10.2 Å². The fourth-order valence-electron chi connectivity index (χ4n) is 2.95. The van der Waals surface area contributed by atoms with Gasteiger partial charge in [0.15, 0.2) is 15.8 Å². The van der Waals surface area contributed by atoms with E-state index in [0.717, 1.165) is 29.4 Å². The highest BCUT2D eigenvalue weighted by Crippen LogP contribution is 2.24. The van der Waals surface area contributed by atoms with Crippen LogP contribution in [-0.2, 0) is 16.4 Å². The lowest BCUT2D eigenvalue weighted by Crippen LogP contribution is -2.57. The lowest BCUT2D eigenvalue weighted by Gasteiger charge is -2.39. The van der Waals surface area contributed by atoms with Crippen molar-refractivity contribution in [3.05, 3.63) is 29.3 Å². The molecule has 1 aromatic carbocycles. The molecule has 7 heteroatoms. The largest absolute Gasteiger partial charge is 0.497 e. The van der Waals surface area contributed by atoms with Gasteiger partial charge in [0.05, 0.1) is 24.2 Å². The summed E-state index contributed by atoms with van der Waals surface area (Å²) >= 11 is 0. The molecule has 140 valence electrons. The minimum Gasteiger partial charge on any atom is -0.497 e. The standard InChI is InChI=1S/C18H29N3O3S/c1-6-19-17(21-7-8-25(22,23)18(3,4)13-21)20-12-15-9-14(2)10-16(11-15)24-5/h9-11H,6-8,12-13H2,1-5H3,(H,19,20). The van der Waals surface area contributed by atoms with E-state index >= 15 is 0 Å².